The average molecular weight is 295 g/mol. The molecule has 0 saturated carbocycles. The summed E-state index contributed by atoms with van der Waals surface area (Å²) in [7, 11) is 1.81. The van der Waals surface area contributed by atoms with Gasteiger partial charge in [0.05, 0.1) is 11.8 Å². The number of hydrogen-bond acceptors (Lipinski definition) is 5. The SMILES string of the molecule is CCCNC1CCCc2nc(N3CCC(OC)C3)sc21. The molecule has 2 unspecified atom stereocenters. The van der Waals surface area contributed by atoms with Crippen molar-refractivity contribution >= 4 is 16.5 Å². The number of nitrogens with zero attached hydrogens (tertiary/aromatic N) is 2. The third kappa shape index (κ3) is 2.85. The maximum Gasteiger partial charge on any atom is 0.185 e. The van der Waals surface area contributed by atoms with Gasteiger partial charge in [-0.15, -0.1) is 0 Å². The molecule has 0 spiro atoms. The summed E-state index contributed by atoms with van der Waals surface area (Å²) in [5.74, 6) is 0. The number of thiazole rings is 1. The second kappa shape index (κ2) is 6.41. The Labute approximate surface area is 125 Å². The zero-order valence-corrected chi connectivity index (χ0v) is 13.3. The second-order valence-electron chi connectivity index (χ2n) is 5.80. The summed E-state index contributed by atoms with van der Waals surface area (Å²) >= 11 is 1.90. The van der Waals surface area contributed by atoms with Gasteiger partial charge in [0.15, 0.2) is 5.13 Å². The molecule has 0 aromatic carbocycles. The summed E-state index contributed by atoms with van der Waals surface area (Å²) in [5, 5.41) is 4.89. The Morgan fingerprint density at radius 3 is 3.10 bits per heavy atom. The van der Waals surface area contributed by atoms with Crippen molar-refractivity contribution in [3.05, 3.63) is 10.6 Å². The molecule has 2 aliphatic rings. The van der Waals surface area contributed by atoms with Gasteiger partial charge in [-0.2, -0.15) is 0 Å². The van der Waals surface area contributed by atoms with E-state index in [-0.39, 0.29) is 0 Å². The topological polar surface area (TPSA) is 37.4 Å². The van der Waals surface area contributed by atoms with Gasteiger partial charge in [-0.3, -0.25) is 0 Å². The summed E-state index contributed by atoms with van der Waals surface area (Å²) in [4.78, 5) is 8.79. The highest BCUT2D eigenvalue weighted by Gasteiger charge is 2.29. The number of anilines is 1. The predicted molar refractivity (Wildman–Crippen MR) is 83.7 cm³/mol. The van der Waals surface area contributed by atoms with E-state index in [1.54, 1.807) is 0 Å². The van der Waals surface area contributed by atoms with Crippen LogP contribution in [0.2, 0.25) is 0 Å². The normalized spacial score (nSPS) is 26.0. The molecule has 1 aromatic heterocycles. The first-order valence-electron chi connectivity index (χ1n) is 7.82. The molecule has 1 N–H and O–H groups in total. The molecule has 0 bridgehead atoms. The van der Waals surface area contributed by atoms with Gasteiger partial charge in [-0.05, 0) is 38.6 Å². The zero-order valence-electron chi connectivity index (χ0n) is 12.5. The van der Waals surface area contributed by atoms with E-state index in [1.165, 1.54) is 35.0 Å². The third-order valence-electron chi connectivity index (χ3n) is 4.33. The highest BCUT2D eigenvalue weighted by molar-refractivity contribution is 7.15. The largest absolute Gasteiger partial charge is 0.380 e. The molecule has 0 amide bonds. The molecule has 1 fully saturated rings. The molecular formula is C15H25N3OS. The van der Waals surface area contributed by atoms with Crippen LogP contribution in [-0.2, 0) is 11.2 Å². The fourth-order valence-corrected chi connectivity index (χ4v) is 4.41. The Hall–Kier alpha value is -0.650. The Bertz CT molecular complexity index is 448. The van der Waals surface area contributed by atoms with Gasteiger partial charge < -0.3 is 15.0 Å². The van der Waals surface area contributed by atoms with Crippen LogP contribution in [-0.4, -0.2) is 37.8 Å². The van der Waals surface area contributed by atoms with Gasteiger partial charge in [-0.1, -0.05) is 18.3 Å². The monoisotopic (exact) mass is 295 g/mol. The molecule has 2 heterocycles. The first-order valence-corrected chi connectivity index (χ1v) is 8.64. The van der Waals surface area contributed by atoms with Crippen molar-refractivity contribution in [3.63, 3.8) is 0 Å². The van der Waals surface area contributed by atoms with Crippen LogP contribution in [0.25, 0.3) is 0 Å². The van der Waals surface area contributed by atoms with Crippen molar-refractivity contribution in [2.24, 2.45) is 0 Å². The maximum atomic E-state index is 5.46. The second-order valence-corrected chi connectivity index (χ2v) is 6.81. The van der Waals surface area contributed by atoms with Crippen molar-refractivity contribution in [1.29, 1.82) is 0 Å². The molecule has 1 aliphatic heterocycles. The number of aromatic nitrogens is 1. The van der Waals surface area contributed by atoms with Crippen LogP contribution >= 0.6 is 11.3 Å². The quantitative estimate of drug-likeness (QED) is 0.906. The molecule has 5 heteroatoms. The van der Waals surface area contributed by atoms with Crippen molar-refractivity contribution in [2.75, 3.05) is 31.6 Å². The van der Waals surface area contributed by atoms with Crippen LogP contribution in [0.5, 0.6) is 0 Å². The predicted octanol–water partition coefficient (Wildman–Crippen LogP) is 2.75. The van der Waals surface area contributed by atoms with Crippen LogP contribution in [0.1, 0.15) is 49.2 Å². The molecule has 1 aliphatic carbocycles. The van der Waals surface area contributed by atoms with E-state index in [9.17, 15) is 0 Å². The van der Waals surface area contributed by atoms with E-state index >= 15 is 0 Å². The average Bonchev–Trinajstić information content (AvgIpc) is 3.10. The van der Waals surface area contributed by atoms with Crippen molar-refractivity contribution < 1.29 is 4.74 Å². The minimum absolute atomic E-state index is 0.380. The highest BCUT2D eigenvalue weighted by Crippen LogP contribution is 2.38. The van der Waals surface area contributed by atoms with Crippen LogP contribution in [0, 0.1) is 0 Å². The molecule has 1 aromatic rings. The molecule has 0 radical (unpaired) electrons. The van der Waals surface area contributed by atoms with Gasteiger partial charge in [-0.25, -0.2) is 4.98 Å². The fraction of sp³-hybridized carbons (Fsp3) is 0.800. The lowest BCUT2D eigenvalue weighted by Gasteiger charge is -2.22. The van der Waals surface area contributed by atoms with E-state index in [2.05, 4.69) is 17.1 Å². The molecule has 1 saturated heterocycles. The van der Waals surface area contributed by atoms with Crippen molar-refractivity contribution in [2.45, 2.75) is 51.2 Å². The van der Waals surface area contributed by atoms with Gasteiger partial charge in [0.1, 0.15) is 0 Å². The smallest absolute Gasteiger partial charge is 0.185 e. The molecule has 20 heavy (non-hydrogen) atoms. The summed E-state index contributed by atoms with van der Waals surface area (Å²) in [6.07, 6.45) is 6.37. The lowest BCUT2D eigenvalue weighted by Crippen LogP contribution is -2.24. The number of ether oxygens (including phenoxy) is 1. The highest BCUT2D eigenvalue weighted by atomic mass is 32.1. The number of fused-ring (bicyclic) bond motifs is 1. The zero-order chi connectivity index (χ0) is 13.9. The van der Waals surface area contributed by atoms with Gasteiger partial charge in [0, 0.05) is 31.1 Å². The molecule has 2 atom stereocenters. The third-order valence-corrected chi connectivity index (χ3v) is 5.60. The summed E-state index contributed by atoms with van der Waals surface area (Å²) < 4.78 is 5.46. The first kappa shape index (κ1) is 14.3. The van der Waals surface area contributed by atoms with Crippen LogP contribution < -0.4 is 10.2 Å². The Balaban J connectivity index is 1.74. The minimum atomic E-state index is 0.380. The van der Waals surface area contributed by atoms with Gasteiger partial charge in [0.2, 0.25) is 0 Å². The number of methoxy groups -OCH3 is 1. The Morgan fingerprint density at radius 1 is 1.45 bits per heavy atom. The van der Waals surface area contributed by atoms with Crippen molar-refractivity contribution in [3.8, 4) is 0 Å². The van der Waals surface area contributed by atoms with E-state index in [0.29, 0.717) is 12.1 Å². The summed E-state index contributed by atoms with van der Waals surface area (Å²) in [6.45, 7) is 5.41. The summed E-state index contributed by atoms with van der Waals surface area (Å²) in [5.41, 5.74) is 1.34. The van der Waals surface area contributed by atoms with Gasteiger partial charge >= 0.3 is 0 Å². The van der Waals surface area contributed by atoms with Crippen LogP contribution in [0.15, 0.2) is 0 Å². The van der Waals surface area contributed by atoms with E-state index in [1.807, 2.05) is 18.4 Å². The molecular weight excluding hydrogens is 270 g/mol. The standard InChI is InChI=1S/C15H25N3OS/c1-3-8-16-12-5-4-6-13-14(12)20-15(17-13)18-9-7-11(10-18)19-2/h11-12,16H,3-10H2,1-2H3. The van der Waals surface area contributed by atoms with Gasteiger partial charge in [0.25, 0.3) is 0 Å². The van der Waals surface area contributed by atoms with E-state index in [4.69, 9.17) is 9.72 Å². The number of rotatable bonds is 5. The summed E-state index contributed by atoms with van der Waals surface area (Å²) in [6, 6.07) is 0.533. The van der Waals surface area contributed by atoms with Crippen LogP contribution in [0.3, 0.4) is 0 Å². The van der Waals surface area contributed by atoms with Crippen molar-refractivity contribution in [1.82, 2.24) is 10.3 Å². The number of hydrogen-bond donors (Lipinski definition) is 1. The maximum absolute atomic E-state index is 5.46. The Kier molecular flexibility index (Phi) is 4.58. The lowest BCUT2D eigenvalue weighted by atomic mass is 9.98. The van der Waals surface area contributed by atoms with E-state index < -0.39 is 0 Å². The molecule has 3 rings (SSSR count). The fourth-order valence-electron chi connectivity index (χ4n) is 3.15. The van der Waals surface area contributed by atoms with Crippen LogP contribution in [0.4, 0.5) is 5.13 Å². The number of nitrogens with one attached hydrogen (secondary N) is 1. The molecule has 112 valence electrons. The first-order chi connectivity index (χ1) is 9.81. The van der Waals surface area contributed by atoms with E-state index in [0.717, 1.165) is 32.5 Å². The number of aryl methyl sites for hydroxylation is 1. The minimum Gasteiger partial charge on any atom is -0.380 e. The lowest BCUT2D eigenvalue weighted by molar-refractivity contribution is 0.121. The Morgan fingerprint density at radius 2 is 2.35 bits per heavy atom. The molecule has 4 nitrogen and oxygen atoms in total.